The van der Waals surface area contributed by atoms with Gasteiger partial charge in [0.1, 0.15) is 122 Å². The van der Waals surface area contributed by atoms with Gasteiger partial charge in [0.05, 0.1) is 70.6 Å². The Morgan fingerprint density at radius 1 is 0.338 bits per heavy atom. The first-order valence-corrected chi connectivity index (χ1v) is 24.9. The normalized spacial score (nSPS) is 47.7. The van der Waals surface area contributed by atoms with E-state index in [4.69, 9.17) is 52.1 Å². The third-order valence-corrected chi connectivity index (χ3v) is 14.3. The minimum atomic E-state index is -2.24. The van der Waals surface area contributed by atoms with Crippen LogP contribution in [0, 0.1) is 5.92 Å². The maximum absolute atomic E-state index is 12.6. The van der Waals surface area contributed by atoms with E-state index in [1.165, 1.54) is 13.8 Å². The monoisotopic (exact) mass is 1130 g/mol. The molecule has 6 aliphatic rings. The number of aliphatic hydroxyl groups is 16. The molecule has 33 heteroatoms. The van der Waals surface area contributed by atoms with E-state index in [2.05, 4.69) is 16.0 Å². The van der Waals surface area contributed by atoms with Crippen LogP contribution in [0.25, 0.3) is 0 Å². The SMILES string of the molecule is CC(=O)NC1C(O)[C@H](O[C@@H]2OC(CO)[C@@H](O)C(O[C@H]3OC(CO)[C@@H](O)C(O)C3O[C@@H]3OC(CO)[C@@H](O[C@@H]4OC(CO)[C@H](CO)C(O)C4O)C(O)C3NC(C)=O)C2O)C(CO)O[C@H]1O[C@@H]1C(CO)O[C@@H](C)C(NC(C)=O)C1O. The minimum Gasteiger partial charge on any atom is -0.396 e. The Kier molecular flexibility index (Phi) is 23.0. The smallest absolute Gasteiger partial charge is 0.217 e. The van der Waals surface area contributed by atoms with E-state index in [1.54, 1.807) is 0 Å². The summed E-state index contributed by atoms with van der Waals surface area (Å²) in [5.74, 6) is -3.34. The highest BCUT2D eigenvalue weighted by atomic mass is 16.8. The van der Waals surface area contributed by atoms with Crippen LogP contribution in [0.2, 0.25) is 0 Å². The minimum absolute atomic E-state index is 0.548. The molecule has 6 saturated heterocycles. The number of amides is 3. The summed E-state index contributed by atoms with van der Waals surface area (Å²) in [6, 6.07) is -4.50. The molecule has 19 N–H and O–H groups in total. The van der Waals surface area contributed by atoms with Crippen molar-refractivity contribution in [3.8, 4) is 0 Å². The van der Waals surface area contributed by atoms with Crippen molar-refractivity contribution in [2.24, 2.45) is 5.92 Å². The Labute approximate surface area is 438 Å². The molecule has 0 radical (unpaired) electrons. The van der Waals surface area contributed by atoms with Gasteiger partial charge in [0.15, 0.2) is 31.5 Å². The molecule has 0 aromatic rings. The highest BCUT2D eigenvalue weighted by molar-refractivity contribution is 5.74. The van der Waals surface area contributed by atoms with Gasteiger partial charge in [0.2, 0.25) is 17.7 Å². The Bertz CT molecular complexity index is 1890. The number of carbonyl (C=O) groups is 3. The zero-order valence-corrected chi connectivity index (χ0v) is 42.1. The van der Waals surface area contributed by atoms with E-state index < -0.39 is 248 Å². The molecule has 446 valence electrons. The molecule has 0 bridgehead atoms. The fourth-order valence-corrected chi connectivity index (χ4v) is 10.3. The number of hydrogen-bond donors (Lipinski definition) is 19. The van der Waals surface area contributed by atoms with Crippen molar-refractivity contribution in [3.05, 3.63) is 0 Å². The van der Waals surface area contributed by atoms with Crippen molar-refractivity contribution >= 4 is 17.7 Å². The summed E-state index contributed by atoms with van der Waals surface area (Å²) in [5, 5.41) is 181. The molecule has 33 nitrogen and oxygen atoms in total. The van der Waals surface area contributed by atoms with Crippen LogP contribution in [-0.2, 0) is 66.5 Å². The summed E-state index contributed by atoms with van der Waals surface area (Å²) in [6.45, 7) is -1.47. The fraction of sp³-hybridized carbons (Fsp3) is 0.932. The number of hydrogen-bond acceptors (Lipinski definition) is 30. The first-order chi connectivity index (χ1) is 36.5. The molecule has 77 heavy (non-hydrogen) atoms. The van der Waals surface area contributed by atoms with E-state index in [0.29, 0.717) is 0 Å². The third-order valence-electron chi connectivity index (χ3n) is 14.3. The lowest BCUT2D eigenvalue weighted by Gasteiger charge is -2.51. The molecule has 0 aliphatic carbocycles. The summed E-state index contributed by atoms with van der Waals surface area (Å²) in [5.41, 5.74) is 0. The van der Waals surface area contributed by atoms with Crippen molar-refractivity contribution in [3.63, 3.8) is 0 Å². The summed E-state index contributed by atoms with van der Waals surface area (Å²) >= 11 is 0. The maximum Gasteiger partial charge on any atom is 0.217 e. The highest BCUT2D eigenvalue weighted by Gasteiger charge is 2.58. The molecule has 18 unspecified atom stereocenters. The van der Waals surface area contributed by atoms with Crippen molar-refractivity contribution in [1.82, 2.24) is 16.0 Å². The molecule has 0 spiro atoms. The van der Waals surface area contributed by atoms with E-state index in [0.717, 1.165) is 13.8 Å². The zero-order valence-electron chi connectivity index (χ0n) is 42.1. The van der Waals surface area contributed by atoms with Gasteiger partial charge in [-0.25, -0.2) is 0 Å². The van der Waals surface area contributed by atoms with Crippen LogP contribution in [0.5, 0.6) is 0 Å². The van der Waals surface area contributed by atoms with Gasteiger partial charge in [-0.2, -0.15) is 0 Å². The van der Waals surface area contributed by atoms with Gasteiger partial charge in [-0.3, -0.25) is 14.4 Å². The molecular formula is C44H75N3O30. The van der Waals surface area contributed by atoms with Crippen LogP contribution >= 0.6 is 0 Å². The lowest BCUT2D eigenvalue weighted by Crippen LogP contribution is -2.70. The predicted molar refractivity (Wildman–Crippen MR) is 242 cm³/mol. The average Bonchev–Trinajstić information content (AvgIpc) is 3.39. The molecule has 0 aromatic carbocycles. The second kappa shape index (κ2) is 27.9. The van der Waals surface area contributed by atoms with Crippen LogP contribution in [-0.4, -0.2) is 323 Å². The lowest BCUT2D eigenvalue weighted by atomic mass is 9.89. The second-order valence-electron chi connectivity index (χ2n) is 19.6. The Hall–Kier alpha value is -2.67. The van der Waals surface area contributed by atoms with Crippen LogP contribution in [0.4, 0.5) is 0 Å². The second-order valence-corrected chi connectivity index (χ2v) is 19.6. The van der Waals surface area contributed by atoms with Crippen molar-refractivity contribution in [2.75, 3.05) is 46.2 Å². The molecule has 6 fully saturated rings. The molecule has 6 rings (SSSR count). The molecule has 6 aliphatic heterocycles. The van der Waals surface area contributed by atoms with Crippen LogP contribution in [0.15, 0.2) is 0 Å². The fourth-order valence-electron chi connectivity index (χ4n) is 10.3. The zero-order chi connectivity index (χ0) is 56.9. The van der Waals surface area contributed by atoms with Gasteiger partial charge in [-0.1, -0.05) is 0 Å². The number of aliphatic hydroxyl groups excluding tert-OH is 16. The van der Waals surface area contributed by atoms with Gasteiger partial charge in [-0.15, -0.1) is 0 Å². The molecular weight excluding hydrogens is 1050 g/mol. The topological polar surface area (TPSA) is 513 Å². The number of rotatable bonds is 20. The quantitative estimate of drug-likeness (QED) is 0.0538. The van der Waals surface area contributed by atoms with Gasteiger partial charge in [0, 0.05) is 26.7 Å². The largest absolute Gasteiger partial charge is 0.396 e. The molecule has 0 saturated carbocycles. The van der Waals surface area contributed by atoms with Gasteiger partial charge >= 0.3 is 0 Å². The van der Waals surface area contributed by atoms with Gasteiger partial charge in [-0.05, 0) is 6.92 Å². The van der Waals surface area contributed by atoms with Crippen LogP contribution in [0.1, 0.15) is 27.7 Å². The van der Waals surface area contributed by atoms with Gasteiger partial charge < -0.3 is 150 Å². The molecule has 0 aromatic heterocycles. The lowest BCUT2D eigenvalue weighted by molar-refractivity contribution is -0.394. The van der Waals surface area contributed by atoms with Gasteiger partial charge in [0.25, 0.3) is 0 Å². The number of ether oxygens (including phenoxy) is 11. The standard InChI is InChI=1S/C44H75N3O30/c1-12-23(45-13(2)55)29(61)35(20(9-52)67-12)73-40-24(46-14(3)56)30(62)37(22(11-54)71-40)75-43-34(66)38(28(60)19(8-51)69-43)76-44-39(32(64)27(59)18(7-50)70-44)77-41-25(47-15(4)57)31(63)36(21(10-53)72-41)74-42-33(65)26(58)16(5-48)17(6-49)68-42/h12,16-44,48-54,58-66H,5-11H2,1-4H3,(H,45,55)(H,46,56)(H,47,57)/t12-,16-,17?,18?,19?,20?,21?,22?,23?,24?,25?,26?,27+,28+,29?,30?,31?,32?,33?,34?,35+,36+,37+,38?,39?,40-,41-,42-,43-,44+/m0/s1. The van der Waals surface area contributed by atoms with Crippen LogP contribution in [0.3, 0.4) is 0 Å². The molecule has 30 atom stereocenters. The number of nitrogens with one attached hydrogen (secondary N) is 3. The summed E-state index contributed by atoms with van der Waals surface area (Å²) < 4.78 is 64.6. The Morgan fingerprint density at radius 2 is 0.688 bits per heavy atom. The summed E-state index contributed by atoms with van der Waals surface area (Å²) in [4.78, 5) is 37.1. The Balaban J connectivity index is 1.24. The predicted octanol–water partition coefficient (Wildman–Crippen LogP) is -12.4. The van der Waals surface area contributed by atoms with E-state index >= 15 is 0 Å². The first kappa shape index (κ1) is 63.5. The van der Waals surface area contributed by atoms with Crippen molar-refractivity contribution in [1.29, 1.82) is 0 Å². The van der Waals surface area contributed by atoms with Crippen LogP contribution < -0.4 is 16.0 Å². The number of carbonyl (C=O) groups excluding carboxylic acids is 3. The first-order valence-electron chi connectivity index (χ1n) is 24.9. The van der Waals surface area contributed by atoms with E-state index in [-0.39, 0.29) is 0 Å². The van der Waals surface area contributed by atoms with Crippen molar-refractivity contribution in [2.45, 2.75) is 205 Å². The summed E-state index contributed by atoms with van der Waals surface area (Å²) in [7, 11) is 0. The Morgan fingerprint density at radius 3 is 1.14 bits per heavy atom. The van der Waals surface area contributed by atoms with Crippen molar-refractivity contribution < 1.29 is 148 Å². The van der Waals surface area contributed by atoms with E-state index in [9.17, 15) is 96.1 Å². The molecule has 3 amide bonds. The molecule has 6 heterocycles. The van der Waals surface area contributed by atoms with E-state index in [1.807, 2.05) is 0 Å². The average molecular weight is 1130 g/mol. The highest BCUT2D eigenvalue weighted by Crippen LogP contribution is 2.38. The summed E-state index contributed by atoms with van der Waals surface area (Å²) in [6.07, 6.45) is -46.9. The maximum atomic E-state index is 12.6. The third kappa shape index (κ3) is 14.0.